The van der Waals surface area contributed by atoms with E-state index >= 15 is 0 Å². The first-order valence-electron chi connectivity index (χ1n) is 5.79. The van der Waals surface area contributed by atoms with E-state index in [4.69, 9.17) is 0 Å². The lowest BCUT2D eigenvalue weighted by atomic mass is 10.1. The molecule has 0 unspecified atom stereocenters. The molecule has 0 fully saturated rings. The first-order valence-corrected chi connectivity index (χ1v) is 5.79. The van der Waals surface area contributed by atoms with Crippen molar-refractivity contribution in [1.82, 2.24) is 9.78 Å². The Morgan fingerprint density at radius 2 is 2.00 bits per heavy atom. The average molecular weight is 259 g/mol. The number of nitrogens with one attached hydrogen (secondary N) is 1. The van der Waals surface area contributed by atoms with Gasteiger partial charge >= 0.3 is 0 Å². The Kier molecular flexibility index (Phi) is 3.75. The van der Waals surface area contributed by atoms with Gasteiger partial charge in [0.2, 0.25) is 5.91 Å². The Labute approximate surface area is 110 Å². The van der Waals surface area contributed by atoms with E-state index in [2.05, 4.69) is 10.4 Å². The van der Waals surface area contributed by atoms with Crippen molar-refractivity contribution >= 4 is 17.3 Å². The summed E-state index contributed by atoms with van der Waals surface area (Å²) < 4.78 is 14.4. The minimum Gasteiger partial charge on any atom is -0.306 e. The number of carbonyl (C=O) groups is 1. The van der Waals surface area contributed by atoms with Gasteiger partial charge in [0.15, 0.2) is 5.82 Å². The van der Waals surface area contributed by atoms with Crippen molar-refractivity contribution in [3.05, 3.63) is 54.0 Å². The third-order valence-electron chi connectivity index (χ3n) is 2.61. The molecule has 98 valence electrons. The smallest absolute Gasteiger partial charge is 0.249 e. The molecule has 1 N–H and O–H groups in total. The number of amides is 1. The molecule has 2 rings (SSSR count). The maximum atomic E-state index is 12.8. The Morgan fingerprint density at radius 3 is 2.58 bits per heavy atom. The van der Waals surface area contributed by atoms with Gasteiger partial charge in [-0.3, -0.25) is 9.48 Å². The summed E-state index contributed by atoms with van der Waals surface area (Å²) in [6.07, 6.45) is 3.20. The van der Waals surface area contributed by atoms with Crippen molar-refractivity contribution in [3.8, 4) is 0 Å². The number of aromatic nitrogens is 2. The summed E-state index contributed by atoms with van der Waals surface area (Å²) in [7, 11) is 1.77. The molecule has 0 bridgehead atoms. The Bertz CT molecular complexity index is 614. The lowest BCUT2D eigenvalue weighted by Crippen LogP contribution is -2.09. The Morgan fingerprint density at radius 1 is 1.32 bits per heavy atom. The molecule has 0 saturated heterocycles. The number of allylic oxidation sites excluding steroid dienone is 1. The molecular weight excluding hydrogens is 245 g/mol. The molecule has 1 aromatic heterocycles. The van der Waals surface area contributed by atoms with Crippen LogP contribution in [0, 0.1) is 5.82 Å². The lowest BCUT2D eigenvalue weighted by Gasteiger charge is -2.02. The molecule has 19 heavy (non-hydrogen) atoms. The van der Waals surface area contributed by atoms with Crippen LogP contribution in [-0.2, 0) is 11.8 Å². The zero-order chi connectivity index (χ0) is 13.8. The highest BCUT2D eigenvalue weighted by Crippen LogP contribution is 2.14. The van der Waals surface area contributed by atoms with Gasteiger partial charge in [-0.05, 0) is 30.2 Å². The first-order chi connectivity index (χ1) is 9.04. The van der Waals surface area contributed by atoms with E-state index in [0.29, 0.717) is 5.82 Å². The van der Waals surface area contributed by atoms with E-state index in [1.807, 2.05) is 0 Å². The molecule has 1 amide bonds. The van der Waals surface area contributed by atoms with Gasteiger partial charge in [0, 0.05) is 25.4 Å². The summed E-state index contributed by atoms with van der Waals surface area (Å²) in [6, 6.07) is 7.70. The van der Waals surface area contributed by atoms with Crippen LogP contribution in [0.4, 0.5) is 10.2 Å². The molecule has 5 heteroatoms. The first kappa shape index (κ1) is 13.0. The highest BCUT2D eigenvalue weighted by Gasteiger charge is 2.03. The number of anilines is 1. The summed E-state index contributed by atoms with van der Waals surface area (Å²) in [5, 5.41) is 6.70. The van der Waals surface area contributed by atoms with Crippen molar-refractivity contribution in [2.45, 2.75) is 6.92 Å². The van der Waals surface area contributed by atoms with E-state index in [1.54, 1.807) is 43.0 Å². The number of hydrogen-bond acceptors (Lipinski definition) is 2. The van der Waals surface area contributed by atoms with Crippen molar-refractivity contribution < 1.29 is 9.18 Å². The van der Waals surface area contributed by atoms with Gasteiger partial charge in [0.05, 0.1) is 0 Å². The predicted molar refractivity (Wildman–Crippen MR) is 71.9 cm³/mol. The molecule has 0 aliphatic heterocycles. The maximum Gasteiger partial charge on any atom is 0.249 e. The van der Waals surface area contributed by atoms with Crippen LogP contribution >= 0.6 is 0 Å². The third kappa shape index (κ3) is 3.51. The van der Waals surface area contributed by atoms with Crippen molar-refractivity contribution in [2.75, 3.05) is 5.32 Å². The highest BCUT2D eigenvalue weighted by molar-refractivity contribution is 6.03. The van der Waals surface area contributed by atoms with Gasteiger partial charge < -0.3 is 5.32 Å². The van der Waals surface area contributed by atoms with E-state index in [0.717, 1.165) is 11.1 Å². The van der Waals surface area contributed by atoms with E-state index in [9.17, 15) is 9.18 Å². The van der Waals surface area contributed by atoms with Gasteiger partial charge in [-0.2, -0.15) is 5.10 Å². The van der Waals surface area contributed by atoms with Crippen molar-refractivity contribution in [2.24, 2.45) is 7.05 Å². The molecule has 0 spiro atoms. The van der Waals surface area contributed by atoms with Crippen LogP contribution in [-0.4, -0.2) is 15.7 Å². The van der Waals surface area contributed by atoms with Gasteiger partial charge in [0.1, 0.15) is 5.82 Å². The molecule has 4 nitrogen and oxygen atoms in total. The minimum absolute atomic E-state index is 0.263. The normalized spacial score (nSPS) is 11.4. The number of benzene rings is 1. The molecule has 0 aliphatic carbocycles. The number of carbonyl (C=O) groups excluding carboxylic acids is 1. The summed E-state index contributed by atoms with van der Waals surface area (Å²) in [5.74, 6) is -0.0642. The maximum absolute atomic E-state index is 12.8. The summed E-state index contributed by atoms with van der Waals surface area (Å²) in [5.41, 5.74) is 1.56. The summed E-state index contributed by atoms with van der Waals surface area (Å²) in [6.45, 7) is 1.80. The third-order valence-corrected chi connectivity index (χ3v) is 2.61. The minimum atomic E-state index is -0.297. The predicted octanol–water partition coefficient (Wildman–Crippen LogP) is 2.60. The lowest BCUT2D eigenvalue weighted by molar-refractivity contribution is -0.111. The quantitative estimate of drug-likeness (QED) is 0.861. The fourth-order valence-electron chi connectivity index (χ4n) is 1.64. The molecule has 0 radical (unpaired) electrons. The molecular formula is C14H14FN3O. The topological polar surface area (TPSA) is 46.9 Å². The zero-order valence-corrected chi connectivity index (χ0v) is 10.7. The van der Waals surface area contributed by atoms with Gasteiger partial charge in [-0.15, -0.1) is 0 Å². The number of hydrogen-bond donors (Lipinski definition) is 1. The van der Waals surface area contributed by atoms with E-state index < -0.39 is 0 Å². The van der Waals surface area contributed by atoms with Gasteiger partial charge in [-0.1, -0.05) is 12.1 Å². The van der Waals surface area contributed by atoms with Gasteiger partial charge in [0.25, 0.3) is 0 Å². The SMILES string of the molecule is C/C(=C/C(=O)Nc1ccn(C)n1)c1ccc(F)cc1. The molecule has 0 saturated carbocycles. The molecule has 1 aromatic carbocycles. The average Bonchev–Trinajstić information content (AvgIpc) is 2.75. The molecule has 2 aromatic rings. The molecule has 0 atom stereocenters. The molecule has 0 aliphatic rings. The van der Waals surface area contributed by atoms with E-state index in [-0.39, 0.29) is 11.7 Å². The van der Waals surface area contributed by atoms with E-state index in [1.165, 1.54) is 18.2 Å². The van der Waals surface area contributed by atoms with Crippen LogP contribution in [0.25, 0.3) is 5.57 Å². The Balaban J connectivity index is 2.07. The largest absolute Gasteiger partial charge is 0.306 e. The van der Waals surface area contributed by atoms with Crippen LogP contribution in [0.2, 0.25) is 0 Å². The van der Waals surface area contributed by atoms with Crippen LogP contribution in [0.1, 0.15) is 12.5 Å². The van der Waals surface area contributed by atoms with Crippen molar-refractivity contribution in [3.63, 3.8) is 0 Å². The number of nitrogens with zero attached hydrogens (tertiary/aromatic N) is 2. The second-order valence-electron chi connectivity index (χ2n) is 4.20. The zero-order valence-electron chi connectivity index (χ0n) is 10.7. The number of rotatable bonds is 3. The summed E-state index contributed by atoms with van der Waals surface area (Å²) in [4.78, 5) is 11.8. The monoisotopic (exact) mass is 259 g/mol. The number of halogens is 1. The Hall–Kier alpha value is -2.43. The van der Waals surface area contributed by atoms with Crippen molar-refractivity contribution in [1.29, 1.82) is 0 Å². The summed E-state index contributed by atoms with van der Waals surface area (Å²) >= 11 is 0. The van der Waals surface area contributed by atoms with Crippen LogP contribution in [0.3, 0.4) is 0 Å². The van der Waals surface area contributed by atoms with Gasteiger partial charge in [-0.25, -0.2) is 4.39 Å². The fraction of sp³-hybridized carbons (Fsp3) is 0.143. The molecule has 1 heterocycles. The second kappa shape index (κ2) is 5.48. The second-order valence-corrected chi connectivity index (χ2v) is 4.20. The standard InChI is InChI=1S/C14H14FN3O/c1-10(11-3-5-12(15)6-4-11)9-14(19)16-13-7-8-18(2)17-13/h3-9H,1-2H3,(H,16,17,19)/b10-9-. The van der Waals surface area contributed by atoms with Crippen LogP contribution in [0.5, 0.6) is 0 Å². The fourth-order valence-corrected chi connectivity index (χ4v) is 1.64. The van der Waals surface area contributed by atoms with Crippen LogP contribution < -0.4 is 5.32 Å². The highest BCUT2D eigenvalue weighted by atomic mass is 19.1. The van der Waals surface area contributed by atoms with Crippen LogP contribution in [0.15, 0.2) is 42.6 Å². The number of aryl methyl sites for hydroxylation is 1.